The highest BCUT2D eigenvalue weighted by Gasteiger charge is 2.11. The van der Waals surface area contributed by atoms with Gasteiger partial charge in [-0.25, -0.2) is 0 Å². The van der Waals surface area contributed by atoms with E-state index < -0.39 is 0 Å². The average molecular weight is 228 g/mol. The first-order valence-corrected chi connectivity index (χ1v) is 5.01. The average Bonchev–Trinajstić information content (AvgIpc) is 2.79. The first-order valence-electron chi connectivity index (χ1n) is 5.01. The Morgan fingerprint density at radius 2 is 2.56 bits per heavy atom. The molecule has 16 heavy (non-hydrogen) atoms. The maximum atomic E-state index is 11.4. The lowest BCUT2D eigenvalue weighted by Gasteiger charge is -2.11. The van der Waals surface area contributed by atoms with E-state index >= 15 is 0 Å². The molecule has 7 heteroatoms. The van der Waals surface area contributed by atoms with E-state index in [2.05, 4.69) is 15.5 Å². The Hall–Kier alpha value is -1.47. The van der Waals surface area contributed by atoms with E-state index in [0.717, 1.165) is 0 Å². The summed E-state index contributed by atoms with van der Waals surface area (Å²) in [6, 6.07) is 0. The molecule has 3 N–H and O–H groups in total. The Bertz CT molecular complexity index is 298. The molecule has 90 valence electrons. The van der Waals surface area contributed by atoms with E-state index in [1.165, 1.54) is 13.4 Å². The van der Waals surface area contributed by atoms with E-state index in [-0.39, 0.29) is 18.4 Å². The molecular weight excluding hydrogens is 212 g/mol. The van der Waals surface area contributed by atoms with Crippen LogP contribution in [0.25, 0.3) is 0 Å². The summed E-state index contributed by atoms with van der Waals surface area (Å²) in [5.41, 5.74) is 5.40. The fourth-order valence-electron chi connectivity index (χ4n) is 1.16. The van der Waals surface area contributed by atoms with Gasteiger partial charge in [-0.2, -0.15) is 4.98 Å². The van der Waals surface area contributed by atoms with Gasteiger partial charge < -0.3 is 20.3 Å². The van der Waals surface area contributed by atoms with Crippen molar-refractivity contribution in [2.24, 2.45) is 5.73 Å². The van der Waals surface area contributed by atoms with Gasteiger partial charge in [0.15, 0.2) is 6.33 Å². The molecule has 0 fully saturated rings. The number of nitrogens with one attached hydrogen (secondary N) is 1. The third kappa shape index (κ3) is 4.37. The van der Waals surface area contributed by atoms with Crippen LogP contribution in [0.3, 0.4) is 0 Å². The lowest BCUT2D eigenvalue weighted by Crippen LogP contribution is -2.33. The Labute approximate surface area is 93.3 Å². The number of amides is 1. The highest BCUT2D eigenvalue weighted by molar-refractivity contribution is 5.76. The van der Waals surface area contributed by atoms with Crippen molar-refractivity contribution in [1.82, 2.24) is 15.5 Å². The van der Waals surface area contributed by atoms with E-state index in [1.807, 2.05) is 0 Å². The predicted molar refractivity (Wildman–Crippen MR) is 55.5 cm³/mol. The van der Waals surface area contributed by atoms with Gasteiger partial charge in [0, 0.05) is 26.6 Å². The normalized spacial score (nSPS) is 12.4. The van der Waals surface area contributed by atoms with Crippen LogP contribution in [0.4, 0.5) is 0 Å². The summed E-state index contributed by atoms with van der Waals surface area (Å²) in [6.45, 7) is 0.787. The molecule has 0 aliphatic rings. The Kier molecular flexibility index (Phi) is 5.44. The fraction of sp³-hybridized carbons (Fsp3) is 0.667. The second-order valence-electron chi connectivity index (χ2n) is 3.23. The number of carbonyl (C=O) groups is 1. The third-order valence-electron chi connectivity index (χ3n) is 2.08. The second-order valence-corrected chi connectivity index (χ2v) is 3.23. The largest absolute Gasteiger partial charge is 0.380 e. The summed E-state index contributed by atoms with van der Waals surface area (Å²) in [7, 11) is 1.53. The van der Waals surface area contributed by atoms with Crippen molar-refractivity contribution in [3.05, 3.63) is 12.2 Å². The number of methoxy groups -OCH3 is 1. The van der Waals surface area contributed by atoms with E-state index in [0.29, 0.717) is 25.4 Å². The number of rotatable bonds is 7. The highest BCUT2D eigenvalue weighted by Crippen LogP contribution is 1.95. The lowest BCUT2D eigenvalue weighted by atomic mass is 10.2. The summed E-state index contributed by atoms with van der Waals surface area (Å²) in [5.74, 6) is 0.402. The van der Waals surface area contributed by atoms with E-state index in [9.17, 15) is 4.79 Å². The van der Waals surface area contributed by atoms with Gasteiger partial charge in [-0.05, 0) is 0 Å². The van der Waals surface area contributed by atoms with Gasteiger partial charge >= 0.3 is 0 Å². The van der Waals surface area contributed by atoms with Gasteiger partial charge in [0.2, 0.25) is 11.8 Å². The number of nitrogens with two attached hydrogens (primary N) is 1. The third-order valence-corrected chi connectivity index (χ3v) is 2.08. The molecule has 1 aromatic heterocycles. The van der Waals surface area contributed by atoms with E-state index in [1.54, 1.807) is 0 Å². The molecule has 1 atom stereocenters. The molecule has 1 aromatic rings. The standard InChI is InChI=1S/C9H16N4O3/c1-15-7(5-10)4-8(14)11-3-2-9-12-6-13-16-9/h6-7H,2-5,10H2,1H3,(H,11,14). The molecule has 0 spiro atoms. The minimum absolute atomic E-state index is 0.100. The number of hydrogen-bond acceptors (Lipinski definition) is 6. The molecule has 0 aromatic carbocycles. The first-order chi connectivity index (χ1) is 7.76. The summed E-state index contributed by atoms with van der Waals surface area (Å²) >= 11 is 0. The zero-order valence-electron chi connectivity index (χ0n) is 9.18. The van der Waals surface area contributed by atoms with Gasteiger partial charge in [0.25, 0.3) is 0 Å². The molecule has 1 amide bonds. The molecule has 0 saturated heterocycles. The van der Waals surface area contributed by atoms with Gasteiger partial charge in [-0.3, -0.25) is 4.79 Å². The quantitative estimate of drug-likeness (QED) is 0.626. The maximum absolute atomic E-state index is 11.4. The smallest absolute Gasteiger partial charge is 0.228 e. The molecule has 0 radical (unpaired) electrons. The van der Waals surface area contributed by atoms with Gasteiger partial charge in [0.05, 0.1) is 12.5 Å². The first kappa shape index (κ1) is 12.6. The van der Waals surface area contributed by atoms with Crippen LogP contribution < -0.4 is 11.1 Å². The van der Waals surface area contributed by atoms with Crippen LogP contribution in [-0.4, -0.2) is 42.4 Å². The highest BCUT2D eigenvalue weighted by atomic mass is 16.5. The Morgan fingerprint density at radius 3 is 3.12 bits per heavy atom. The molecular formula is C9H16N4O3. The summed E-state index contributed by atoms with van der Waals surface area (Å²) in [6.07, 6.45) is 1.87. The van der Waals surface area contributed by atoms with Crippen LogP contribution in [0, 0.1) is 0 Å². The Balaban J connectivity index is 2.15. The van der Waals surface area contributed by atoms with Crippen LogP contribution in [0.15, 0.2) is 10.9 Å². The van der Waals surface area contributed by atoms with Crippen molar-refractivity contribution < 1.29 is 14.1 Å². The second kappa shape index (κ2) is 6.91. The number of carbonyl (C=O) groups excluding carboxylic acids is 1. The number of aromatic nitrogens is 2. The summed E-state index contributed by atoms with van der Waals surface area (Å²) in [5, 5.41) is 6.18. The van der Waals surface area contributed by atoms with Crippen molar-refractivity contribution in [1.29, 1.82) is 0 Å². The van der Waals surface area contributed by atoms with Crippen molar-refractivity contribution >= 4 is 5.91 Å². The molecule has 0 bridgehead atoms. The topological polar surface area (TPSA) is 103 Å². The summed E-state index contributed by atoms with van der Waals surface area (Å²) in [4.78, 5) is 15.2. The van der Waals surface area contributed by atoms with Gasteiger partial charge in [-0.1, -0.05) is 5.16 Å². The molecule has 0 aliphatic carbocycles. The van der Waals surface area contributed by atoms with Crippen LogP contribution in [-0.2, 0) is 16.0 Å². The number of ether oxygens (including phenoxy) is 1. The minimum Gasteiger partial charge on any atom is -0.380 e. The van der Waals surface area contributed by atoms with Crippen LogP contribution in [0.2, 0.25) is 0 Å². The number of hydrogen-bond donors (Lipinski definition) is 2. The van der Waals surface area contributed by atoms with Gasteiger partial charge in [-0.15, -0.1) is 0 Å². The van der Waals surface area contributed by atoms with Crippen LogP contribution in [0.1, 0.15) is 12.3 Å². The van der Waals surface area contributed by atoms with Crippen molar-refractivity contribution in [3.8, 4) is 0 Å². The predicted octanol–water partition coefficient (Wildman–Crippen LogP) is -0.908. The fourth-order valence-corrected chi connectivity index (χ4v) is 1.16. The van der Waals surface area contributed by atoms with Crippen LogP contribution in [0.5, 0.6) is 0 Å². The monoisotopic (exact) mass is 228 g/mol. The van der Waals surface area contributed by atoms with E-state index in [4.69, 9.17) is 15.0 Å². The molecule has 7 nitrogen and oxygen atoms in total. The van der Waals surface area contributed by atoms with Crippen molar-refractivity contribution in [2.45, 2.75) is 18.9 Å². The maximum Gasteiger partial charge on any atom is 0.228 e. The van der Waals surface area contributed by atoms with Crippen molar-refractivity contribution in [3.63, 3.8) is 0 Å². The van der Waals surface area contributed by atoms with Gasteiger partial charge in [0.1, 0.15) is 0 Å². The minimum atomic E-state index is -0.233. The zero-order valence-corrected chi connectivity index (χ0v) is 9.18. The van der Waals surface area contributed by atoms with Crippen molar-refractivity contribution in [2.75, 3.05) is 20.2 Å². The lowest BCUT2D eigenvalue weighted by molar-refractivity contribution is -0.123. The SMILES string of the molecule is COC(CN)CC(=O)NCCc1ncno1. The Morgan fingerprint density at radius 1 is 1.75 bits per heavy atom. The molecule has 0 aliphatic heterocycles. The molecule has 1 unspecified atom stereocenters. The molecule has 1 heterocycles. The summed E-state index contributed by atoms with van der Waals surface area (Å²) < 4.78 is 9.78. The number of nitrogens with zero attached hydrogens (tertiary/aromatic N) is 2. The van der Waals surface area contributed by atoms with Crippen LogP contribution >= 0.6 is 0 Å². The zero-order chi connectivity index (χ0) is 11.8. The molecule has 0 saturated carbocycles. The molecule has 1 rings (SSSR count).